The summed E-state index contributed by atoms with van der Waals surface area (Å²) in [4.78, 5) is 17.5. The Morgan fingerprint density at radius 2 is 2.04 bits per heavy atom. The number of nitrogens with one attached hydrogen (secondary N) is 1. The molecule has 0 radical (unpaired) electrons. The van der Waals surface area contributed by atoms with Crippen LogP contribution in [-0.4, -0.2) is 29.9 Å². The van der Waals surface area contributed by atoms with Crippen molar-refractivity contribution >= 4 is 17.7 Å². The zero-order valence-corrected chi connectivity index (χ0v) is 14.7. The van der Waals surface area contributed by atoms with Gasteiger partial charge in [-0.2, -0.15) is 0 Å². The molecule has 2 aromatic rings. The number of ether oxygens (including phenoxy) is 1. The Morgan fingerprint density at radius 1 is 1.28 bits per heavy atom. The Morgan fingerprint density at radius 3 is 2.72 bits per heavy atom. The fourth-order valence-electron chi connectivity index (χ4n) is 2.98. The summed E-state index contributed by atoms with van der Waals surface area (Å²) in [6.07, 6.45) is 5.39. The Labute approximate surface area is 151 Å². The topological polar surface area (TPSA) is 51.2 Å². The average molecular weight is 360 g/mol. The second kappa shape index (κ2) is 8.97. The molecule has 0 aliphatic carbocycles. The monoisotopic (exact) mass is 360 g/mol. The number of nitrogens with zero attached hydrogens (tertiary/aromatic N) is 1. The number of hydrogen-bond acceptors (Lipinski definition) is 4. The van der Waals surface area contributed by atoms with Gasteiger partial charge in [0.2, 0.25) is 5.91 Å². The van der Waals surface area contributed by atoms with Crippen LogP contribution in [0.5, 0.6) is 0 Å². The lowest BCUT2D eigenvalue weighted by molar-refractivity contribution is -0.120. The zero-order chi connectivity index (χ0) is 17.5. The third kappa shape index (κ3) is 5.28. The first-order valence-corrected chi connectivity index (χ1v) is 9.36. The fraction of sp³-hybridized carbons (Fsp3) is 0.368. The smallest absolute Gasteiger partial charge is 0.230 e. The second-order valence-electron chi connectivity index (χ2n) is 6.02. The molecule has 0 spiro atoms. The number of halogens is 1. The molecule has 132 valence electrons. The summed E-state index contributed by atoms with van der Waals surface area (Å²) in [5, 5.41) is 3.16. The molecule has 1 aliphatic rings. The standard InChI is InChI=1S/C19H21FN2O2S/c20-16-3-5-17(6-4-16)25-13-18(23)22-19(14-7-10-24-11-8-14)15-2-1-9-21-12-15/h1-6,9,12,14,19H,7-8,10-11,13H2,(H,22,23). The van der Waals surface area contributed by atoms with Gasteiger partial charge in [-0.25, -0.2) is 4.39 Å². The normalized spacial score (nSPS) is 16.4. The third-order valence-electron chi connectivity index (χ3n) is 4.28. The molecule has 1 saturated heterocycles. The largest absolute Gasteiger partial charge is 0.381 e. The van der Waals surface area contributed by atoms with E-state index in [1.54, 1.807) is 18.3 Å². The van der Waals surface area contributed by atoms with Crippen LogP contribution >= 0.6 is 11.8 Å². The van der Waals surface area contributed by atoms with Crippen molar-refractivity contribution in [1.29, 1.82) is 0 Å². The molecule has 0 saturated carbocycles. The van der Waals surface area contributed by atoms with Crippen LogP contribution in [0.1, 0.15) is 24.4 Å². The van der Waals surface area contributed by atoms with Crippen molar-refractivity contribution in [3.8, 4) is 0 Å². The number of aromatic nitrogens is 1. The highest BCUT2D eigenvalue weighted by Crippen LogP contribution is 2.30. The Bertz CT molecular complexity index is 676. The molecule has 25 heavy (non-hydrogen) atoms. The lowest BCUT2D eigenvalue weighted by Crippen LogP contribution is -2.37. The number of carbonyl (C=O) groups excluding carboxylic acids is 1. The molecule has 0 bridgehead atoms. The summed E-state index contributed by atoms with van der Waals surface area (Å²) in [6, 6.07) is 10.0. The highest BCUT2D eigenvalue weighted by molar-refractivity contribution is 8.00. The van der Waals surface area contributed by atoms with Gasteiger partial charge in [0.05, 0.1) is 11.8 Å². The summed E-state index contributed by atoms with van der Waals surface area (Å²) in [6.45, 7) is 1.45. The number of benzene rings is 1. The van der Waals surface area contributed by atoms with Gasteiger partial charge in [0.25, 0.3) is 0 Å². The molecule has 3 rings (SSSR count). The minimum atomic E-state index is -0.273. The van der Waals surface area contributed by atoms with Crippen LogP contribution in [-0.2, 0) is 9.53 Å². The number of hydrogen-bond donors (Lipinski definition) is 1. The molecular formula is C19H21FN2O2S. The molecule has 1 atom stereocenters. The first-order valence-electron chi connectivity index (χ1n) is 8.38. The first kappa shape index (κ1) is 17.9. The maximum absolute atomic E-state index is 12.9. The number of carbonyl (C=O) groups is 1. The lowest BCUT2D eigenvalue weighted by atomic mass is 9.87. The number of amides is 1. The average Bonchev–Trinajstić information content (AvgIpc) is 2.67. The van der Waals surface area contributed by atoms with Crippen molar-refractivity contribution in [1.82, 2.24) is 10.3 Å². The van der Waals surface area contributed by atoms with Gasteiger partial charge < -0.3 is 10.1 Å². The molecular weight excluding hydrogens is 339 g/mol. The predicted molar refractivity (Wildman–Crippen MR) is 95.8 cm³/mol. The first-order chi connectivity index (χ1) is 12.2. The minimum Gasteiger partial charge on any atom is -0.381 e. The molecule has 1 amide bonds. The van der Waals surface area contributed by atoms with Crippen molar-refractivity contribution in [3.63, 3.8) is 0 Å². The van der Waals surface area contributed by atoms with Gasteiger partial charge in [-0.1, -0.05) is 6.07 Å². The fourth-order valence-corrected chi connectivity index (χ4v) is 3.69. The third-order valence-corrected chi connectivity index (χ3v) is 5.29. The maximum atomic E-state index is 12.9. The lowest BCUT2D eigenvalue weighted by Gasteiger charge is -2.31. The minimum absolute atomic E-state index is 0.0327. The summed E-state index contributed by atoms with van der Waals surface area (Å²) in [7, 11) is 0. The van der Waals surface area contributed by atoms with Gasteiger partial charge in [0, 0.05) is 30.5 Å². The van der Waals surface area contributed by atoms with Crippen LogP contribution in [0.3, 0.4) is 0 Å². The molecule has 4 nitrogen and oxygen atoms in total. The van der Waals surface area contributed by atoms with Gasteiger partial charge in [-0.05, 0) is 54.7 Å². The van der Waals surface area contributed by atoms with E-state index in [2.05, 4.69) is 10.3 Å². The van der Waals surface area contributed by atoms with Crippen molar-refractivity contribution < 1.29 is 13.9 Å². The molecule has 6 heteroatoms. The van der Waals surface area contributed by atoms with E-state index in [0.717, 1.165) is 36.5 Å². The Kier molecular flexibility index (Phi) is 6.42. The highest BCUT2D eigenvalue weighted by Gasteiger charge is 2.27. The number of rotatable bonds is 6. The summed E-state index contributed by atoms with van der Waals surface area (Å²) in [5.74, 6) is 0.336. The Balaban J connectivity index is 1.62. The van der Waals surface area contributed by atoms with Gasteiger partial charge in [-0.3, -0.25) is 9.78 Å². The highest BCUT2D eigenvalue weighted by atomic mass is 32.2. The molecule has 1 fully saturated rings. The predicted octanol–water partition coefficient (Wildman–Crippen LogP) is 3.60. The van der Waals surface area contributed by atoms with Crippen molar-refractivity contribution in [2.45, 2.75) is 23.8 Å². The molecule has 2 heterocycles. The summed E-state index contributed by atoms with van der Waals surface area (Å²) >= 11 is 1.40. The van der Waals surface area contributed by atoms with Crippen molar-refractivity contribution in [2.75, 3.05) is 19.0 Å². The molecule has 1 N–H and O–H groups in total. The summed E-state index contributed by atoms with van der Waals surface area (Å²) < 4.78 is 18.4. The Hall–Kier alpha value is -1.92. The summed E-state index contributed by atoms with van der Waals surface area (Å²) in [5.41, 5.74) is 1.02. The van der Waals surface area contributed by atoms with E-state index in [4.69, 9.17) is 4.74 Å². The van der Waals surface area contributed by atoms with Crippen molar-refractivity contribution in [2.24, 2.45) is 5.92 Å². The number of pyridine rings is 1. The van der Waals surface area contributed by atoms with Gasteiger partial charge in [0.1, 0.15) is 5.82 Å². The van der Waals surface area contributed by atoms with E-state index in [0.29, 0.717) is 11.7 Å². The van der Waals surface area contributed by atoms with E-state index in [1.165, 1.54) is 23.9 Å². The van der Waals surface area contributed by atoms with Crippen LogP contribution in [0.4, 0.5) is 4.39 Å². The van der Waals surface area contributed by atoms with E-state index in [1.807, 2.05) is 18.3 Å². The zero-order valence-electron chi connectivity index (χ0n) is 13.9. The second-order valence-corrected chi connectivity index (χ2v) is 7.07. The van der Waals surface area contributed by atoms with E-state index in [-0.39, 0.29) is 17.8 Å². The quantitative estimate of drug-likeness (QED) is 0.800. The van der Waals surface area contributed by atoms with Crippen LogP contribution < -0.4 is 5.32 Å². The van der Waals surface area contributed by atoms with Crippen LogP contribution in [0.25, 0.3) is 0 Å². The molecule has 1 unspecified atom stereocenters. The van der Waals surface area contributed by atoms with Gasteiger partial charge >= 0.3 is 0 Å². The van der Waals surface area contributed by atoms with Crippen molar-refractivity contribution in [3.05, 3.63) is 60.2 Å². The van der Waals surface area contributed by atoms with E-state index >= 15 is 0 Å². The SMILES string of the molecule is O=C(CSc1ccc(F)cc1)NC(c1cccnc1)C1CCOCC1. The molecule has 1 aromatic carbocycles. The maximum Gasteiger partial charge on any atom is 0.230 e. The number of thioether (sulfide) groups is 1. The van der Waals surface area contributed by atoms with E-state index in [9.17, 15) is 9.18 Å². The van der Waals surface area contributed by atoms with E-state index < -0.39 is 0 Å². The molecule has 1 aliphatic heterocycles. The van der Waals surface area contributed by atoms with Crippen LogP contribution in [0, 0.1) is 11.7 Å². The van der Waals surface area contributed by atoms with Gasteiger partial charge in [-0.15, -0.1) is 11.8 Å². The molecule has 1 aromatic heterocycles. The van der Waals surface area contributed by atoms with Crippen LogP contribution in [0.15, 0.2) is 53.7 Å². The van der Waals surface area contributed by atoms with Crippen LogP contribution in [0.2, 0.25) is 0 Å². The van der Waals surface area contributed by atoms with Gasteiger partial charge in [0.15, 0.2) is 0 Å².